The SMILES string of the molecule is NNc1ncccc1S(=O)(=O)NCCc1ccccc1. The van der Waals surface area contributed by atoms with Crippen molar-refractivity contribution in [3.8, 4) is 0 Å². The van der Waals surface area contributed by atoms with Crippen LogP contribution in [-0.2, 0) is 16.4 Å². The summed E-state index contributed by atoms with van der Waals surface area (Å²) in [6.45, 7) is 0.311. The Labute approximate surface area is 118 Å². The standard InChI is InChI=1S/C13H16N4O2S/c14-17-13-12(7-4-9-15-13)20(18,19)16-10-8-11-5-2-1-3-6-11/h1-7,9,16H,8,10,14H2,(H,15,17). The molecule has 0 bridgehead atoms. The monoisotopic (exact) mass is 292 g/mol. The van der Waals surface area contributed by atoms with Crippen LogP contribution in [0.1, 0.15) is 5.56 Å². The Bertz CT molecular complexity index is 659. The van der Waals surface area contributed by atoms with E-state index in [4.69, 9.17) is 5.84 Å². The number of aromatic nitrogens is 1. The number of nitrogens with two attached hydrogens (primary N) is 1. The molecule has 0 amide bonds. The lowest BCUT2D eigenvalue weighted by molar-refractivity contribution is 0.581. The molecule has 1 aromatic carbocycles. The topological polar surface area (TPSA) is 97.1 Å². The number of nitrogens with zero attached hydrogens (tertiary/aromatic N) is 1. The Morgan fingerprint density at radius 2 is 1.85 bits per heavy atom. The lowest BCUT2D eigenvalue weighted by atomic mass is 10.2. The molecule has 7 heteroatoms. The molecule has 0 atom stereocenters. The number of sulfonamides is 1. The average Bonchev–Trinajstić information content (AvgIpc) is 2.48. The van der Waals surface area contributed by atoms with Crippen LogP contribution < -0.4 is 16.0 Å². The zero-order chi connectivity index (χ0) is 14.4. The van der Waals surface area contributed by atoms with Gasteiger partial charge in [-0.2, -0.15) is 0 Å². The van der Waals surface area contributed by atoms with Gasteiger partial charge in [-0.1, -0.05) is 30.3 Å². The quantitative estimate of drug-likeness (QED) is 0.542. The minimum atomic E-state index is -3.63. The second-order valence-electron chi connectivity index (χ2n) is 4.13. The van der Waals surface area contributed by atoms with Gasteiger partial charge in [-0.25, -0.2) is 24.0 Å². The molecule has 0 aliphatic rings. The van der Waals surface area contributed by atoms with Gasteiger partial charge < -0.3 is 5.43 Å². The van der Waals surface area contributed by atoms with Gasteiger partial charge in [0, 0.05) is 12.7 Å². The lowest BCUT2D eigenvalue weighted by Crippen LogP contribution is -2.27. The maximum absolute atomic E-state index is 12.2. The van der Waals surface area contributed by atoms with Crippen molar-refractivity contribution < 1.29 is 8.42 Å². The molecule has 0 unspecified atom stereocenters. The highest BCUT2D eigenvalue weighted by atomic mass is 32.2. The molecule has 0 aliphatic heterocycles. The molecule has 106 valence electrons. The van der Waals surface area contributed by atoms with Gasteiger partial charge in [-0.05, 0) is 24.1 Å². The molecule has 0 aliphatic carbocycles. The van der Waals surface area contributed by atoms with Crippen molar-refractivity contribution >= 4 is 15.8 Å². The van der Waals surface area contributed by atoms with E-state index in [1.54, 1.807) is 6.07 Å². The number of anilines is 1. The van der Waals surface area contributed by atoms with E-state index in [0.717, 1.165) is 5.56 Å². The predicted octanol–water partition coefficient (Wildman–Crippen LogP) is 0.888. The lowest BCUT2D eigenvalue weighted by Gasteiger charge is -2.09. The Hall–Kier alpha value is -1.96. The Morgan fingerprint density at radius 1 is 1.10 bits per heavy atom. The minimum absolute atomic E-state index is 0.0376. The van der Waals surface area contributed by atoms with Crippen LogP contribution in [-0.4, -0.2) is 19.9 Å². The van der Waals surface area contributed by atoms with Gasteiger partial charge in [0.1, 0.15) is 4.90 Å². The summed E-state index contributed by atoms with van der Waals surface area (Å²) >= 11 is 0. The summed E-state index contributed by atoms with van der Waals surface area (Å²) in [4.78, 5) is 3.91. The second-order valence-corrected chi connectivity index (χ2v) is 5.86. The zero-order valence-electron chi connectivity index (χ0n) is 10.8. The number of nitrogen functional groups attached to an aromatic ring is 1. The molecule has 20 heavy (non-hydrogen) atoms. The third-order valence-electron chi connectivity index (χ3n) is 2.75. The highest BCUT2D eigenvalue weighted by Gasteiger charge is 2.18. The normalized spacial score (nSPS) is 11.2. The van der Waals surface area contributed by atoms with Crippen molar-refractivity contribution in [3.05, 3.63) is 54.2 Å². The van der Waals surface area contributed by atoms with E-state index in [2.05, 4.69) is 15.1 Å². The highest BCUT2D eigenvalue weighted by molar-refractivity contribution is 7.89. The van der Waals surface area contributed by atoms with Crippen LogP contribution in [0.3, 0.4) is 0 Å². The van der Waals surface area contributed by atoms with Crippen molar-refractivity contribution in [2.24, 2.45) is 5.84 Å². The average molecular weight is 292 g/mol. The van der Waals surface area contributed by atoms with Gasteiger partial charge in [0.15, 0.2) is 5.82 Å². The van der Waals surface area contributed by atoms with E-state index >= 15 is 0 Å². The smallest absolute Gasteiger partial charge is 0.244 e. The molecule has 0 radical (unpaired) electrons. The zero-order valence-corrected chi connectivity index (χ0v) is 11.6. The first-order valence-electron chi connectivity index (χ1n) is 6.09. The van der Waals surface area contributed by atoms with Gasteiger partial charge in [-0.15, -0.1) is 0 Å². The van der Waals surface area contributed by atoms with Crippen LogP contribution in [0.2, 0.25) is 0 Å². The number of rotatable bonds is 6. The van der Waals surface area contributed by atoms with Gasteiger partial charge in [0.2, 0.25) is 10.0 Å². The number of hydrogen-bond acceptors (Lipinski definition) is 5. The van der Waals surface area contributed by atoms with Crippen molar-refractivity contribution in [1.29, 1.82) is 0 Å². The molecule has 2 aromatic rings. The van der Waals surface area contributed by atoms with E-state index in [9.17, 15) is 8.42 Å². The van der Waals surface area contributed by atoms with Gasteiger partial charge in [-0.3, -0.25) is 0 Å². The highest BCUT2D eigenvalue weighted by Crippen LogP contribution is 2.16. The number of hydrogen-bond donors (Lipinski definition) is 3. The molecule has 6 nitrogen and oxygen atoms in total. The number of pyridine rings is 1. The summed E-state index contributed by atoms with van der Waals surface area (Å²) in [5, 5.41) is 0. The summed E-state index contributed by atoms with van der Waals surface area (Å²) in [7, 11) is -3.63. The first-order chi connectivity index (χ1) is 9.63. The van der Waals surface area contributed by atoms with Crippen molar-refractivity contribution in [3.63, 3.8) is 0 Å². The Morgan fingerprint density at radius 3 is 2.55 bits per heavy atom. The van der Waals surface area contributed by atoms with Crippen molar-refractivity contribution in [2.75, 3.05) is 12.0 Å². The molecular formula is C13H16N4O2S. The van der Waals surface area contributed by atoms with Crippen LogP contribution in [0.25, 0.3) is 0 Å². The fourth-order valence-electron chi connectivity index (χ4n) is 1.77. The summed E-state index contributed by atoms with van der Waals surface area (Å²) in [6.07, 6.45) is 2.09. The predicted molar refractivity (Wildman–Crippen MR) is 77.4 cm³/mol. The largest absolute Gasteiger partial charge is 0.307 e. The molecule has 2 rings (SSSR count). The van der Waals surface area contributed by atoms with Crippen molar-refractivity contribution in [1.82, 2.24) is 9.71 Å². The van der Waals surface area contributed by atoms with E-state index in [1.807, 2.05) is 30.3 Å². The fourth-order valence-corrected chi connectivity index (χ4v) is 2.92. The minimum Gasteiger partial charge on any atom is -0.307 e. The summed E-state index contributed by atoms with van der Waals surface area (Å²) in [5.41, 5.74) is 3.35. The summed E-state index contributed by atoms with van der Waals surface area (Å²) in [5.74, 6) is 5.39. The van der Waals surface area contributed by atoms with Crippen LogP contribution in [0.4, 0.5) is 5.82 Å². The van der Waals surface area contributed by atoms with Gasteiger partial charge >= 0.3 is 0 Å². The molecule has 4 N–H and O–H groups in total. The van der Waals surface area contributed by atoms with E-state index in [1.165, 1.54) is 12.3 Å². The maximum atomic E-state index is 12.2. The molecular weight excluding hydrogens is 276 g/mol. The Balaban J connectivity index is 2.04. The summed E-state index contributed by atoms with van der Waals surface area (Å²) in [6, 6.07) is 12.7. The van der Waals surface area contributed by atoms with E-state index in [0.29, 0.717) is 13.0 Å². The summed E-state index contributed by atoms with van der Waals surface area (Å²) < 4.78 is 26.8. The van der Waals surface area contributed by atoms with E-state index < -0.39 is 10.0 Å². The number of hydrazine groups is 1. The third-order valence-corrected chi connectivity index (χ3v) is 4.24. The van der Waals surface area contributed by atoms with Gasteiger partial charge in [0.05, 0.1) is 0 Å². The van der Waals surface area contributed by atoms with Crippen LogP contribution in [0.15, 0.2) is 53.6 Å². The number of nitrogens with one attached hydrogen (secondary N) is 2. The van der Waals surface area contributed by atoms with Crippen LogP contribution in [0, 0.1) is 0 Å². The molecule has 1 aromatic heterocycles. The fraction of sp³-hybridized carbons (Fsp3) is 0.154. The first-order valence-corrected chi connectivity index (χ1v) is 7.57. The molecule has 0 saturated heterocycles. The Kier molecular flexibility index (Phi) is 4.67. The molecule has 0 spiro atoms. The molecule has 0 saturated carbocycles. The molecule has 1 heterocycles. The van der Waals surface area contributed by atoms with Gasteiger partial charge in [0.25, 0.3) is 0 Å². The van der Waals surface area contributed by atoms with Crippen LogP contribution in [0.5, 0.6) is 0 Å². The maximum Gasteiger partial charge on any atom is 0.244 e. The third kappa shape index (κ3) is 3.53. The van der Waals surface area contributed by atoms with Crippen molar-refractivity contribution in [2.45, 2.75) is 11.3 Å². The van der Waals surface area contributed by atoms with E-state index in [-0.39, 0.29) is 10.7 Å². The first kappa shape index (κ1) is 14.4. The molecule has 0 fully saturated rings. The number of benzene rings is 1. The second kappa shape index (κ2) is 6.47. The van der Waals surface area contributed by atoms with Crippen LogP contribution >= 0.6 is 0 Å².